The lowest BCUT2D eigenvalue weighted by Gasteiger charge is -2.34. The van der Waals surface area contributed by atoms with E-state index >= 15 is 0 Å². The Morgan fingerprint density at radius 2 is 1.74 bits per heavy atom. The summed E-state index contributed by atoms with van der Waals surface area (Å²) in [4.78, 5) is 17.5. The second-order valence-corrected chi connectivity index (χ2v) is 5.62. The van der Waals surface area contributed by atoms with E-state index in [1.807, 2.05) is 6.07 Å². The van der Waals surface area contributed by atoms with Crippen molar-refractivity contribution in [3.05, 3.63) is 24.7 Å². The molecule has 0 bridgehead atoms. The predicted molar refractivity (Wildman–Crippen MR) is 89.7 cm³/mol. The van der Waals surface area contributed by atoms with E-state index in [-0.39, 0.29) is 0 Å². The average molecular weight is 314 g/mol. The second-order valence-electron chi connectivity index (χ2n) is 5.62. The summed E-state index contributed by atoms with van der Waals surface area (Å²) in [6.07, 6.45) is 6.25. The Morgan fingerprint density at radius 3 is 2.39 bits per heavy atom. The summed E-state index contributed by atoms with van der Waals surface area (Å²) in [5.41, 5.74) is 0. The summed E-state index contributed by atoms with van der Waals surface area (Å²) in [5, 5.41) is 11.6. The lowest BCUT2D eigenvalue weighted by atomic mass is 10.3. The van der Waals surface area contributed by atoms with Crippen molar-refractivity contribution in [3.63, 3.8) is 0 Å². The zero-order valence-corrected chi connectivity index (χ0v) is 13.6. The van der Waals surface area contributed by atoms with Crippen LogP contribution in [-0.4, -0.2) is 57.4 Å². The Kier molecular flexibility index (Phi) is 4.80. The summed E-state index contributed by atoms with van der Waals surface area (Å²) in [5.74, 6) is 2.23. The van der Waals surface area contributed by atoms with Crippen LogP contribution in [-0.2, 0) is 0 Å². The van der Waals surface area contributed by atoms with Crippen LogP contribution in [0.4, 0.5) is 17.7 Å². The number of piperazine rings is 1. The maximum absolute atomic E-state index is 4.57. The maximum Gasteiger partial charge on any atom is 0.247 e. The van der Waals surface area contributed by atoms with E-state index < -0.39 is 0 Å². The Hall–Kier alpha value is -2.51. The normalized spacial score (nSPS) is 16.3. The summed E-state index contributed by atoms with van der Waals surface area (Å²) >= 11 is 0. The van der Waals surface area contributed by atoms with Gasteiger partial charge in [0.2, 0.25) is 11.9 Å². The van der Waals surface area contributed by atoms with Gasteiger partial charge >= 0.3 is 0 Å². The summed E-state index contributed by atoms with van der Waals surface area (Å²) in [6, 6.07) is 2.20. The van der Waals surface area contributed by atoms with Crippen LogP contribution in [0, 0.1) is 0 Å². The third-order valence-electron chi connectivity index (χ3n) is 3.95. The zero-order valence-electron chi connectivity index (χ0n) is 13.6. The molecule has 1 aliphatic heterocycles. The van der Waals surface area contributed by atoms with Crippen molar-refractivity contribution >= 4 is 17.7 Å². The van der Waals surface area contributed by atoms with Crippen LogP contribution >= 0.6 is 0 Å². The first-order valence-electron chi connectivity index (χ1n) is 7.99. The predicted octanol–water partition coefficient (Wildman–Crippen LogP) is 1.20. The highest BCUT2D eigenvalue weighted by Gasteiger charge is 2.21. The SMILES string of the molecule is CCC(C)Nc1cnnc(N2CCN(c3ncccn3)CC2)n1. The minimum atomic E-state index is 0.367. The van der Waals surface area contributed by atoms with Gasteiger partial charge in [0.15, 0.2) is 5.82 Å². The molecule has 8 nitrogen and oxygen atoms in total. The first-order valence-corrected chi connectivity index (χ1v) is 7.99. The Balaban J connectivity index is 1.62. The molecule has 0 radical (unpaired) electrons. The number of hydrogen-bond donors (Lipinski definition) is 1. The molecule has 1 fully saturated rings. The first-order chi connectivity index (χ1) is 11.3. The maximum atomic E-state index is 4.57. The standard InChI is InChI=1S/C15H22N8/c1-3-12(2)19-13-11-18-21-15(20-13)23-9-7-22(8-10-23)14-16-5-4-6-17-14/h4-6,11-12H,3,7-10H2,1-2H3,(H,19,20,21). The molecule has 3 heterocycles. The van der Waals surface area contributed by atoms with Crippen molar-refractivity contribution in [1.82, 2.24) is 25.1 Å². The van der Waals surface area contributed by atoms with Crippen LogP contribution in [0.25, 0.3) is 0 Å². The van der Waals surface area contributed by atoms with Crippen LogP contribution in [0.3, 0.4) is 0 Å². The molecule has 0 spiro atoms. The van der Waals surface area contributed by atoms with E-state index in [9.17, 15) is 0 Å². The average Bonchev–Trinajstić information content (AvgIpc) is 2.63. The molecule has 1 aliphatic rings. The van der Waals surface area contributed by atoms with Gasteiger partial charge in [-0.25, -0.2) is 9.97 Å². The van der Waals surface area contributed by atoms with Crippen molar-refractivity contribution < 1.29 is 0 Å². The molecule has 2 aromatic heterocycles. The van der Waals surface area contributed by atoms with E-state index in [0.29, 0.717) is 12.0 Å². The molecule has 3 rings (SSSR count). The van der Waals surface area contributed by atoms with E-state index in [1.54, 1.807) is 18.6 Å². The van der Waals surface area contributed by atoms with Crippen LogP contribution in [0.2, 0.25) is 0 Å². The molecule has 8 heteroatoms. The molecular formula is C15H22N8. The van der Waals surface area contributed by atoms with Crippen molar-refractivity contribution in [2.24, 2.45) is 0 Å². The van der Waals surface area contributed by atoms with Gasteiger partial charge in [0.1, 0.15) is 0 Å². The van der Waals surface area contributed by atoms with Gasteiger partial charge < -0.3 is 15.1 Å². The highest BCUT2D eigenvalue weighted by atomic mass is 15.4. The van der Waals surface area contributed by atoms with Gasteiger partial charge in [-0.1, -0.05) is 6.92 Å². The van der Waals surface area contributed by atoms with Crippen LogP contribution in [0.15, 0.2) is 24.7 Å². The number of nitrogens with zero attached hydrogens (tertiary/aromatic N) is 7. The minimum Gasteiger partial charge on any atom is -0.366 e. The first kappa shape index (κ1) is 15.4. The van der Waals surface area contributed by atoms with E-state index in [1.165, 1.54) is 0 Å². The summed E-state index contributed by atoms with van der Waals surface area (Å²) < 4.78 is 0. The molecule has 0 aromatic carbocycles. The smallest absolute Gasteiger partial charge is 0.247 e. The Bertz CT molecular complexity index is 612. The fourth-order valence-corrected chi connectivity index (χ4v) is 2.41. The molecule has 122 valence electrons. The van der Waals surface area contributed by atoms with Gasteiger partial charge in [-0.2, -0.15) is 10.1 Å². The number of anilines is 3. The zero-order chi connectivity index (χ0) is 16.1. The van der Waals surface area contributed by atoms with Gasteiger partial charge in [0.25, 0.3) is 0 Å². The molecule has 23 heavy (non-hydrogen) atoms. The largest absolute Gasteiger partial charge is 0.366 e. The highest BCUT2D eigenvalue weighted by Crippen LogP contribution is 2.15. The van der Waals surface area contributed by atoms with Crippen molar-refractivity contribution in [2.75, 3.05) is 41.3 Å². The Labute approximate surface area is 136 Å². The number of hydrogen-bond acceptors (Lipinski definition) is 8. The van der Waals surface area contributed by atoms with E-state index in [2.05, 4.69) is 54.1 Å². The fourth-order valence-electron chi connectivity index (χ4n) is 2.41. The van der Waals surface area contributed by atoms with E-state index in [0.717, 1.165) is 44.4 Å². The quantitative estimate of drug-likeness (QED) is 0.881. The molecule has 2 aromatic rings. The highest BCUT2D eigenvalue weighted by molar-refractivity contribution is 5.41. The van der Waals surface area contributed by atoms with Crippen LogP contribution in [0.5, 0.6) is 0 Å². The summed E-state index contributed by atoms with van der Waals surface area (Å²) in [7, 11) is 0. The van der Waals surface area contributed by atoms with Crippen LogP contribution in [0.1, 0.15) is 20.3 Å². The van der Waals surface area contributed by atoms with Crippen molar-refractivity contribution in [1.29, 1.82) is 0 Å². The molecule has 0 saturated carbocycles. The Morgan fingerprint density at radius 1 is 1.09 bits per heavy atom. The number of nitrogens with one attached hydrogen (secondary N) is 1. The van der Waals surface area contributed by atoms with Gasteiger partial charge in [-0.15, -0.1) is 5.10 Å². The second kappa shape index (κ2) is 7.17. The van der Waals surface area contributed by atoms with Crippen LogP contribution < -0.4 is 15.1 Å². The van der Waals surface area contributed by atoms with Gasteiger partial charge in [0, 0.05) is 44.6 Å². The fraction of sp³-hybridized carbons (Fsp3) is 0.533. The van der Waals surface area contributed by atoms with Crippen molar-refractivity contribution in [2.45, 2.75) is 26.3 Å². The third kappa shape index (κ3) is 3.82. The molecule has 0 aliphatic carbocycles. The molecule has 1 unspecified atom stereocenters. The lowest BCUT2D eigenvalue weighted by Crippen LogP contribution is -2.47. The van der Waals surface area contributed by atoms with Gasteiger partial charge in [-0.3, -0.25) is 0 Å². The van der Waals surface area contributed by atoms with Crippen molar-refractivity contribution in [3.8, 4) is 0 Å². The van der Waals surface area contributed by atoms with E-state index in [4.69, 9.17) is 0 Å². The third-order valence-corrected chi connectivity index (χ3v) is 3.95. The topological polar surface area (TPSA) is 83.0 Å². The number of rotatable bonds is 5. The monoisotopic (exact) mass is 314 g/mol. The molecule has 1 atom stereocenters. The molecule has 0 amide bonds. The molecular weight excluding hydrogens is 292 g/mol. The van der Waals surface area contributed by atoms with Gasteiger partial charge in [0.05, 0.1) is 6.20 Å². The number of aromatic nitrogens is 5. The lowest BCUT2D eigenvalue weighted by molar-refractivity contribution is 0.623. The molecule has 1 N–H and O–H groups in total. The van der Waals surface area contributed by atoms with Gasteiger partial charge in [-0.05, 0) is 19.4 Å². The molecule has 1 saturated heterocycles. The summed E-state index contributed by atoms with van der Waals surface area (Å²) in [6.45, 7) is 7.60. The minimum absolute atomic E-state index is 0.367.